The van der Waals surface area contributed by atoms with Crippen LogP contribution in [0, 0.1) is 12.7 Å². The molecule has 0 aliphatic rings. The highest BCUT2D eigenvalue weighted by Gasteiger charge is 2.10. The van der Waals surface area contributed by atoms with Gasteiger partial charge < -0.3 is 10.8 Å². The lowest BCUT2D eigenvalue weighted by atomic mass is 10.1. The first-order valence-electron chi connectivity index (χ1n) is 3.79. The summed E-state index contributed by atoms with van der Waals surface area (Å²) in [6.45, 7) is 1.88. The van der Waals surface area contributed by atoms with E-state index in [0.29, 0.717) is 0 Å². The zero-order valence-corrected chi connectivity index (χ0v) is 6.92. The van der Waals surface area contributed by atoms with Gasteiger partial charge in [-0.15, -0.1) is 0 Å². The highest BCUT2D eigenvalue weighted by Crippen LogP contribution is 2.17. The third-order valence-electron chi connectivity index (χ3n) is 1.73. The molecular formula is C9H12FNO. The van der Waals surface area contributed by atoms with Gasteiger partial charge in [-0.1, -0.05) is 17.7 Å². The zero-order valence-electron chi connectivity index (χ0n) is 6.92. The fourth-order valence-electron chi connectivity index (χ4n) is 1.05. The fraction of sp³-hybridized carbons (Fsp3) is 0.333. The van der Waals surface area contributed by atoms with Crippen LogP contribution in [0.4, 0.5) is 4.39 Å². The summed E-state index contributed by atoms with van der Waals surface area (Å²) in [7, 11) is 0. The first kappa shape index (κ1) is 9.16. The molecule has 0 unspecified atom stereocenters. The first-order chi connectivity index (χ1) is 5.65. The van der Waals surface area contributed by atoms with Crippen LogP contribution < -0.4 is 5.73 Å². The van der Waals surface area contributed by atoms with Crippen LogP contribution in [-0.2, 0) is 0 Å². The third kappa shape index (κ3) is 1.81. The summed E-state index contributed by atoms with van der Waals surface area (Å²) in [5.41, 5.74) is 6.40. The summed E-state index contributed by atoms with van der Waals surface area (Å²) in [5.74, 6) is -0.404. The molecule has 0 aromatic heterocycles. The van der Waals surface area contributed by atoms with Gasteiger partial charge in [0.15, 0.2) is 0 Å². The van der Waals surface area contributed by atoms with Crippen molar-refractivity contribution in [1.29, 1.82) is 0 Å². The van der Waals surface area contributed by atoms with Crippen LogP contribution in [0.25, 0.3) is 0 Å². The SMILES string of the molecule is Cc1ccc(F)c([C@@H](O)CN)c1. The van der Waals surface area contributed by atoms with Gasteiger partial charge in [-0.25, -0.2) is 4.39 Å². The number of aliphatic hydroxyl groups is 1. The van der Waals surface area contributed by atoms with E-state index in [1.165, 1.54) is 6.07 Å². The van der Waals surface area contributed by atoms with Crippen molar-refractivity contribution in [2.45, 2.75) is 13.0 Å². The minimum Gasteiger partial charge on any atom is -0.387 e. The highest BCUT2D eigenvalue weighted by atomic mass is 19.1. The van der Waals surface area contributed by atoms with E-state index < -0.39 is 11.9 Å². The average Bonchev–Trinajstić information content (AvgIpc) is 2.08. The van der Waals surface area contributed by atoms with Gasteiger partial charge in [0.1, 0.15) is 5.82 Å². The van der Waals surface area contributed by atoms with Crippen LogP contribution in [0.5, 0.6) is 0 Å². The quantitative estimate of drug-likeness (QED) is 0.697. The van der Waals surface area contributed by atoms with Gasteiger partial charge in [0.05, 0.1) is 6.10 Å². The molecule has 66 valence electrons. The van der Waals surface area contributed by atoms with Crippen molar-refractivity contribution in [3.63, 3.8) is 0 Å². The molecule has 0 bridgehead atoms. The van der Waals surface area contributed by atoms with Gasteiger partial charge in [-0.3, -0.25) is 0 Å². The number of hydrogen-bond acceptors (Lipinski definition) is 2. The number of rotatable bonds is 2. The van der Waals surface area contributed by atoms with Crippen molar-refractivity contribution in [3.05, 3.63) is 35.1 Å². The molecule has 3 N–H and O–H groups in total. The predicted molar refractivity (Wildman–Crippen MR) is 45.2 cm³/mol. The van der Waals surface area contributed by atoms with E-state index >= 15 is 0 Å². The Labute approximate surface area is 70.8 Å². The Morgan fingerprint density at radius 2 is 2.25 bits per heavy atom. The number of hydrogen-bond donors (Lipinski definition) is 2. The minimum absolute atomic E-state index is 0.0420. The maximum atomic E-state index is 13.0. The second-order valence-corrected chi connectivity index (χ2v) is 2.78. The summed E-state index contributed by atoms with van der Waals surface area (Å²) in [4.78, 5) is 0. The molecule has 0 aliphatic carbocycles. The first-order valence-corrected chi connectivity index (χ1v) is 3.79. The second kappa shape index (κ2) is 3.65. The molecule has 0 saturated carbocycles. The smallest absolute Gasteiger partial charge is 0.129 e. The van der Waals surface area contributed by atoms with E-state index in [2.05, 4.69) is 0 Å². The predicted octanol–water partition coefficient (Wildman–Crippen LogP) is 1.13. The van der Waals surface area contributed by atoms with E-state index in [4.69, 9.17) is 5.73 Å². The summed E-state index contributed by atoms with van der Waals surface area (Å²) < 4.78 is 13.0. The average molecular weight is 169 g/mol. The van der Waals surface area contributed by atoms with Crippen molar-refractivity contribution in [2.75, 3.05) is 6.54 Å². The lowest BCUT2D eigenvalue weighted by molar-refractivity contribution is 0.182. The van der Waals surface area contributed by atoms with E-state index in [9.17, 15) is 9.50 Å². The number of benzene rings is 1. The minimum atomic E-state index is -0.898. The normalized spacial score (nSPS) is 13.0. The molecule has 1 atom stereocenters. The topological polar surface area (TPSA) is 46.2 Å². The zero-order chi connectivity index (χ0) is 9.14. The van der Waals surface area contributed by atoms with E-state index in [0.717, 1.165) is 5.56 Å². The number of halogens is 1. The van der Waals surface area contributed by atoms with Gasteiger partial charge in [0, 0.05) is 12.1 Å². The fourth-order valence-corrected chi connectivity index (χ4v) is 1.05. The lowest BCUT2D eigenvalue weighted by Gasteiger charge is -2.09. The van der Waals surface area contributed by atoms with E-state index in [1.807, 2.05) is 6.92 Å². The number of aliphatic hydroxyl groups excluding tert-OH is 1. The van der Waals surface area contributed by atoms with Crippen molar-refractivity contribution in [3.8, 4) is 0 Å². The Balaban J connectivity index is 3.04. The van der Waals surface area contributed by atoms with Crippen molar-refractivity contribution in [1.82, 2.24) is 0 Å². The highest BCUT2D eigenvalue weighted by molar-refractivity contribution is 5.25. The largest absolute Gasteiger partial charge is 0.387 e. The summed E-state index contributed by atoms with van der Waals surface area (Å²) in [6.07, 6.45) is -0.898. The molecule has 0 saturated heterocycles. The number of aryl methyl sites for hydroxylation is 1. The van der Waals surface area contributed by atoms with Gasteiger partial charge in [0.2, 0.25) is 0 Å². The van der Waals surface area contributed by atoms with E-state index in [1.54, 1.807) is 12.1 Å². The molecule has 0 radical (unpaired) electrons. The maximum absolute atomic E-state index is 13.0. The van der Waals surface area contributed by atoms with Gasteiger partial charge in [-0.05, 0) is 13.0 Å². The van der Waals surface area contributed by atoms with Crippen LogP contribution in [0.3, 0.4) is 0 Å². The van der Waals surface area contributed by atoms with Crippen LogP contribution in [0.1, 0.15) is 17.2 Å². The third-order valence-corrected chi connectivity index (χ3v) is 1.73. The van der Waals surface area contributed by atoms with Crippen molar-refractivity contribution >= 4 is 0 Å². The van der Waals surface area contributed by atoms with Crippen molar-refractivity contribution < 1.29 is 9.50 Å². The molecule has 2 nitrogen and oxygen atoms in total. The van der Waals surface area contributed by atoms with Crippen LogP contribution in [-0.4, -0.2) is 11.7 Å². The van der Waals surface area contributed by atoms with Crippen LogP contribution in [0.2, 0.25) is 0 Å². The molecular weight excluding hydrogens is 157 g/mol. The lowest BCUT2D eigenvalue weighted by Crippen LogP contribution is -2.13. The Bertz CT molecular complexity index is 275. The van der Waals surface area contributed by atoms with Crippen LogP contribution >= 0.6 is 0 Å². The molecule has 0 amide bonds. The molecule has 3 heteroatoms. The summed E-state index contributed by atoms with van der Waals surface area (Å²) >= 11 is 0. The molecule has 0 heterocycles. The van der Waals surface area contributed by atoms with Gasteiger partial charge >= 0.3 is 0 Å². The Kier molecular flexibility index (Phi) is 2.78. The summed E-state index contributed by atoms with van der Waals surface area (Å²) in [5, 5.41) is 9.27. The Morgan fingerprint density at radius 3 is 2.83 bits per heavy atom. The molecule has 0 fully saturated rings. The van der Waals surface area contributed by atoms with Gasteiger partial charge in [-0.2, -0.15) is 0 Å². The van der Waals surface area contributed by atoms with Crippen molar-refractivity contribution in [2.24, 2.45) is 5.73 Å². The molecule has 1 aromatic rings. The molecule has 0 spiro atoms. The second-order valence-electron chi connectivity index (χ2n) is 2.78. The van der Waals surface area contributed by atoms with Crippen LogP contribution in [0.15, 0.2) is 18.2 Å². The molecule has 1 aromatic carbocycles. The van der Waals surface area contributed by atoms with E-state index in [-0.39, 0.29) is 12.1 Å². The Hall–Kier alpha value is -0.930. The molecule has 1 rings (SSSR count). The summed E-state index contributed by atoms with van der Waals surface area (Å²) in [6, 6.07) is 4.60. The maximum Gasteiger partial charge on any atom is 0.129 e. The monoisotopic (exact) mass is 169 g/mol. The molecule has 0 aliphatic heterocycles. The standard InChI is InChI=1S/C9H12FNO/c1-6-2-3-8(10)7(4-6)9(12)5-11/h2-4,9,12H,5,11H2,1H3/t9-/m0/s1. The molecule has 12 heavy (non-hydrogen) atoms. The van der Waals surface area contributed by atoms with Gasteiger partial charge in [0.25, 0.3) is 0 Å². The number of nitrogens with two attached hydrogens (primary N) is 1. The Morgan fingerprint density at radius 1 is 1.58 bits per heavy atom.